The Kier molecular flexibility index (Phi) is 4.79. The molecule has 8 heteroatoms. The quantitative estimate of drug-likeness (QED) is 0.663. The minimum atomic E-state index is -0.824. The summed E-state index contributed by atoms with van der Waals surface area (Å²) in [5.74, 6) is -0.434. The molecular formula is C13H22N4O4. The van der Waals surface area contributed by atoms with E-state index >= 15 is 0 Å². The molecule has 4 amide bonds. The number of nitrogens with zero attached hydrogens (tertiary/aromatic N) is 2. The van der Waals surface area contributed by atoms with Gasteiger partial charge in [0, 0.05) is 27.2 Å². The first-order valence-electron chi connectivity index (χ1n) is 7.09. The minimum absolute atomic E-state index is 0.0458. The fourth-order valence-corrected chi connectivity index (χ4v) is 3.08. The lowest BCUT2D eigenvalue weighted by Gasteiger charge is -2.36. The lowest BCUT2D eigenvalue weighted by molar-refractivity contribution is -0.138. The fourth-order valence-electron chi connectivity index (χ4n) is 3.08. The normalized spacial score (nSPS) is 26.0. The number of rotatable bonds is 5. The van der Waals surface area contributed by atoms with Gasteiger partial charge in [-0.2, -0.15) is 0 Å². The van der Waals surface area contributed by atoms with Crippen LogP contribution in [0.25, 0.3) is 0 Å². The summed E-state index contributed by atoms with van der Waals surface area (Å²) in [6.45, 7) is 1.76. The van der Waals surface area contributed by atoms with Crippen LogP contribution in [0, 0.1) is 0 Å². The first-order valence-corrected chi connectivity index (χ1v) is 7.09. The lowest BCUT2D eigenvalue weighted by atomic mass is 9.96. The van der Waals surface area contributed by atoms with Crippen LogP contribution in [-0.2, 0) is 14.3 Å². The zero-order chi connectivity index (χ0) is 15.5. The maximum Gasteiger partial charge on any atom is 0.324 e. The second-order valence-corrected chi connectivity index (χ2v) is 5.35. The molecule has 2 N–H and O–H groups in total. The van der Waals surface area contributed by atoms with Crippen LogP contribution in [-0.4, -0.2) is 80.1 Å². The molecule has 0 aromatic rings. The van der Waals surface area contributed by atoms with Crippen molar-refractivity contribution in [2.45, 2.75) is 18.4 Å². The Morgan fingerprint density at radius 2 is 2.19 bits per heavy atom. The highest BCUT2D eigenvalue weighted by Gasteiger charge is 2.48. The zero-order valence-corrected chi connectivity index (χ0v) is 12.5. The standard InChI is InChI=1S/C13H22N4O4/c1-14-11(19)13(9-21-2)4-3-6-16(13)8-10(18)17-7-5-15-12(17)20/h3-9H2,1-2H3,(H,14,19)(H,15,20). The van der Waals surface area contributed by atoms with E-state index in [1.165, 1.54) is 12.0 Å². The third-order valence-electron chi connectivity index (χ3n) is 4.14. The summed E-state index contributed by atoms with van der Waals surface area (Å²) in [5, 5.41) is 5.25. The van der Waals surface area contributed by atoms with Crippen molar-refractivity contribution in [3.63, 3.8) is 0 Å². The summed E-state index contributed by atoms with van der Waals surface area (Å²) in [6, 6.07) is -0.364. The van der Waals surface area contributed by atoms with E-state index in [-0.39, 0.29) is 31.0 Å². The van der Waals surface area contributed by atoms with Crippen molar-refractivity contribution in [3.05, 3.63) is 0 Å². The van der Waals surface area contributed by atoms with Crippen LogP contribution in [0.1, 0.15) is 12.8 Å². The number of urea groups is 1. The second kappa shape index (κ2) is 6.40. The molecule has 0 aliphatic carbocycles. The van der Waals surface area contributed by atoms with Gasteiger partial charge in [0.25, 0.3) is 0 Å². The molecule has 21 heavy (non-hydrogen) atoms. The van der Waals surface area contributed by atoms with E-state index in [2.05, 4.69) is 10.6 Å². The van der Waals surface area contributed by atoms with E-state index in [1.54, 1.807) is 7.05 Å². The fraction of sp³-hybridized carbons (Fsp3) is 0.769. The Bertz CT molecular complexity index is 442. The van der Waals surface area contributed by atoms with Gasteiger partial charge in [0.05, 0.1) is 13.2 Å². The number of amides is 4. The number of carbonyl (C=O) groups excluding carboxylic acids is 3. The number of ether oxygens (including phenoxy) is 1. The summed E-state index contributed by atoms with van der Waals surface area (Å²) < 4.78 is 5.20. The Morgan fingerprint density at radius 1 is 1.43 bits per heavy atom. The predicted molar refractivity (Wildman–Crippen MR) is 74.6 cm³/mol. The van der Waals surface area contributed by atoms with Crippen LogP contribution < -0.4 is 10.6 Å². The smallest absolute Gasteiger partial charge is 0.324 e. The van der Waals surface area contributed by atoms with E-state index in [1.807, 2.05) is 4.90 Å². The first-order chi connectivity index (χ1) is 10.0. The topological polar surface area (TPSA) is 91.0 Å². The SMILES string of the molecule is CNC(=O)C1(COC)CCCN1CC(=O)N1CCNC1=O. The molecular weight excluding hydrogens is 276 g/mol. The molecule has 118 valence electrons. The van der Waals surface area contributed by atoms with Gasteiger partial charge in [-0.3, -0.25) is 19.4 Å². The van der Waals surface area contributed by atoms with Crippen molar-refractivity contribution >= 4 is 17.8 Å². The number of hydrogen-bond donors (Lipinski definition) is 2. The molecule has 0 aromatic carbocycles. The molecule has 0 radical (unpaired) electrons. The number of methoxy groups -OCH3 is 1. The van der Waals surface area contributed by atoms with Gasteiger partial charge in [-0.25, -0.2) is 4.79 Å². The number of likely N-dealkylation sites (N-methyl/N-ethyl adjacent to an activating group) is 1. The van der Waals surface area contributed by atoms with Crippen LogP contribution >= 0.6 is 0 Å². The molecule has 2 fully saturated rings. The summed E-state index contributed by atoms with van der Waals surface area (Å²) in [5.41, 5.74) is -0.824. The molecule has 2 heterocycles. The summed E-state index contributed by atoms with van der Waals surface area (Å²) in [6.07, 6.45) is 1.45. The lowest BCUT2D eigenvalue weighted by Crippen LogP contribution is -2.59. The summed E-state index contributed by atoms with van der Waals surface area (Å²) in [4.78, 5) is 39.1. The van der Waals surface area contributed by atoms with Gasteiger partial charge in [-0.05, 0) is 19.4 Å². The van der Waals surface area contributed by atoms with Gasteiger partial charge in [-0.1, -0.05) is 0 Å². The van der Waals surface area contributed by atoms with Gasteiger partial charge in [-0.15, -0.1) is 0 Å². The van der Waals surface area contributed by atoms with Crippen LogP contribution in [0.4, 0.5) is 4.79 Å². The average molecular weight is 298 g/mol. The van der Waals surface area contributed by atoms with E-state index in [4.69, 9.17) is 4.74 Å². The number of likely N-dealkylation sites (tertiary alicyclic amines) is 1. The summed E-state index contributed by atoms with van der Waals surface area (Å²) >= 11 is 0. The molecule has 1 unspecified atom stereocenters. The summed E-state index contributed by atoms with van der Waals surface area (Å²) in [7, 11) is 3.11. The number of imide groups is 1. The maximum absolute atomic E-state index is 12.3. The minimum Gasteiger partial charge on any atom is -0.382 e. The largest absolute Gasteiger partial charge is 0.382 e. The molecule has 0 bridgehead atoms. The third-order valence-corrected chi connectivity index (χ3v) is 4.14. The molecule has 1 atom stereocenters. The zero-order valence-electron chi connectivity index (χ0n) is 12.5. The molecule has 0 saturated carbocycles. The van der Waals surface area contributed by atoms with E-state index < -0.39 is 5.54 Å². The van der Waals surface area contributed by atoms with Gasteiger partial charge in [0.2, 0.25) is 11.8 Å². The highest BCUT2D eigenvalue weighted by Crippen LogP contribution is 2.30. The van der Waals surface area contributed by atoms with E-state index in [0.29, 0.717) is 26.1 Å². The third kappa shape index (κ3) is 2.86. The predicted octanol–water partition coefficient (Wildman–Crippen LogP) is -1.23. The van der Waals surface area contributed by atoms with E-state index in [9.17, 15) is 14.4 Å². The van der Waals surface area contributed by atoms with Crippen LogP contribution in [0.3, 0.4) is 0 Å². The maximum atomic E-state index is 12.3. The molecule has 2 aliphatic rings. The van der Waals surface area contributed by atoms with Crippen molar-refractivity contribution in [2.24, 2.45) is 0 Å². The van der Waals surface area contributed by atoms with Crippen molar-refractivity contribution in [3.8, 4) is 0 Å². The highest BCUT2D eigenvalue weighted by molar-refractivity contribution is 5.97. The van der Waals surface area contributed by atoms with Gasteiger partial charge in [0.1, 0.15) is 5.54 Å². The Morgan fingerprint density at radius 3 is 2.76 bits per heavy atom. The molecule has 2 aliphatic heterocycles. The average Bonchev–Trinajstić information content (AvgIpc) is 3.06. The van der Waals surface area contributed by atoms with Crippen molar-refractivity contribution < 1.29 is 19.1 Å². The molecule has 8 nitrogen and oxygen atoms in total. The van der Waals surface area contributed by atoms with Gasteiger partial charge >= 0.3 is 6.03 Å². The molecule has 0 spiro atoms. The van der Waals surface area contributed by atoms with Crippen molar-refractivity contribution in [1.29, 1.82) is 0 Å². The van der Waals surface area contributed by atoms with Gasteiger partial charge < -0.3 is 15.4 Å². The van der Waals surface area contributed by atoms with Crippen molar-refractivity contribution in [1.82, 2.24) is 20.4 Å². The Labute approximate surface area is 123 Å². The van der Waals surface area contributed by atoms with Crippen LogP contribution in [0.2, 0.25) is 0 Å². The second-order valence-electron chi connectivity index (χ2n) is 5.35. The number of nitrogens with one attached hydrogen (secondary N) is 2. The monoisotopic (exact) mass is 298 g/mol. The van der Waals surface area contributed by atoms with Crippen molar-refractivity contribution in [2.75, 3.05) is 46.9 Å². The van der Waals surface area contributed by atoms with Gasteiger partial charge in [0.15, 0.2) is 0 Å². The molecule has 2 rings (SSSR count). The Hall–Kier alpha value is -1.67. The molecule has 0 aromatic heterocycles. The first kappa shape index (κ1) is 15.7. The highest BCUT2D eigenvalue weighted by atomic mass is 16.5. The van der Waals surface area contributed by atoms with E-state index in [0.717, 1.165) is 6.42 Å². The molecule has 2 saturated heterocycles. The van der Waals surface area contributed by atoms with Crippen LogP contribution in [0.5, 0.6) is 0 Å². The number of carbonyl (C=O) groups is 3. The Balaban J connectivity index is 2.11. The number of hydrogen-bond acceptors (Lipinski definition) is 5. The van der Waals surface area contributed by atoms with Crippen LogP contribution in [0.15, 0.2) is 0 Å².